The molecule has 0 aliphatic carbocycles. The van der Waals surface area contributed by atoms with Crippen LogP contribution in [0.4, 0.5) is 32.0 Å². The molecule has 8 aromatic rings. The fourth-order valence-corrected chi connectivity index (χ4v) is 6.90. The van der Waals surface area contributed by atoms with E-state index < -0.39 is 23.5 Å². The van der Waals surface area contributed by atoms with Crippen LogP contribution in [0.5, 0.6) is 0 Å². The number of benzene rings is 6. The molecule has 0 aliphatic rings. The molecule has 0 unspecified atom stereocenters. The standard InChI is InChI=1S/C44H23F6N5/c1-24-19-36-42(55-40(26-13-11-25(23-51)12-14-26)39(54-36)27-15-17-31(52-2)18-16-27)38-34-9-5-6-10-35(34)53-41(37(24)38)33-8-4-3-7-32(33)28-20-29(43(45,46)47)22-30(21-28)44(48,49)50/h3-22H,1H3. The van der Waals surface area contributed by atoms with Gasteiger partial charge in [-0.25, -0.2) is 19.8 Å². The zero-order valence-corrected chi connectivity index (χ0v) is 28.6. The molecular weight excluding hydrogens is 713 g/mol. The lowest BCUT2D eigenvalue weighted by Crippen LogP contribution is -2.11. The van der Waals surface area contributed by atoms with E-state index in [2.05, 4.69) is 10.9 Å². The van der Waals surface area contributed by atoms with Crippen molar-refractivity contribution in [2.75, 3.05) is 0 Å². The van der Waals surface area contributed by atoms with Crippen LogP contribution >= 0.6 is 0 Å². The molecular formula is C44H23F6N5. The quantitative estimate of drug-likeness (QED) is 0.103. The Kier molecular flexibility index (Phi) is 8.31. The third kappa shape index (κ3) is 6.26. The van der Waals surface area contributed by atoms with Crippen molar-refractivity contribution < 1.29 is 26.3 Å². The van der Waals surface area contributed by atoms with E-state index in [0.717, 1.165) is 12.1 Å². The molecule has 55 heavy (non-hydrogen) atoms. The Morgan fingerprint density at radius 3 is 1.76 bits per heavy atom. The minimum atomic E-state index is -5.03. The molecule has 0 N–H and O–H groups in total. The second-order valence-corrected chi connectivity index (χ2v) is 12.9. The predicted octanol–water partition coefficient (Wildman–Crippen LogP) is 12.8. The van der Waals surface area contributed by atoms with Crippen LogP contribution < -0.4 is 0 Å². The normalized spacial score (nSPS) is 11.9. The van der Waals surface area contributed by atoms with E-state index in [1.165, 1.54) is 6.07 Å². The van der Waals surface area contributed by atoms with Crippen molar-refractivity contribution >= 4 is 38.4 Å². The number of rotatable bonds is 4. The number of aryl methyl sites for hydroxylation is 1. The summed E-state index contributed by atoms with van der Waals surface area (Å²) in [4.78, 5) is 18.9. The zero-order chi connectivity index (χ0) is 38.6. The minimum absolute atomic E-state index is 0.115. The van der Waals surface area contributed by atoms with Gasteiger partial charge in [0.15, 0.2) is 5.69 Å². The third-order valence-corrected chi connectivity index (χ3v) is 9.44. The number of aromatic nitrogens is 3. The van der Waals surface area contributed by atoms with Gasteiger partial charge in [-0.3, -0.25) is 0 Å². The topological polar surface area (TPSA) is 66.8 Å². The van der Waals surface area contributed by atoms with Gasteiger partial charge in [-0.1, -0.05) is 78.9 Å². The van der Waals surface area contributed by atoms with E-state index in [1.807, 2.05) is 25.1 Å². The van der Waals surface area contributed by atoms with E-state index in [9.17, 15) is 31.6 Å². The fraction of sp³-hybridized carbons (Fsp3) is 0.0682. The maximum absolute atomic E-state index is 14.0. The number of para-hydroxylation sites is 1. The molecule has 0 spiro atoms. The van der Waals surface area contributed by atoms with Crippen molar-refractivity contribution in [2.24, 2.45) is 0 Å². The van der Waals surface area contributed by atoms with Crippen molar-refractivity contribution in [2.45, 2.75) is 19.3 Å². The Labute approximate surface area is 309 Å². The number of halogens is 6. The van der Waals surface area contributed by atoms with E-state index in [4.69, 9.17) is 21.5 Å². The number of fused-ring (bicyclic) bond motifs is 5. The molecule has 0 saturated carbocycles. The van der Waals surface area contributed by atoms with E-state index in [0.29, 0.717) is 83.3 Å². The highest BCUT2D eigenvalue weighted by atomic mass is 19.4. The lowest BCUT2D eigenvalue weighted by atomic mass is 9.90. The monoisotopic (exact) mass is 735 g/mol. The molecule has 0 atom stereocenters. The van der Waals surface area contributed by atoms with Crippen molar-refractivity contribution in [3.63, 3.8) is 0 Å². The second-order valence-electron chi connectivity index (χ2n) is 12.9. The third-order valence-electron chi connectivity index (χ3n) is 9.44. The van der Waals surface area contributed by atoms with Crippen LogP contribution in [0.2, 0.25) is 0 Å². The molecule has 5 nitrogen and oxygen atoms in total. The van der Waals surface area contributed by atoms with Crippen LogP contribution in [-0.2, 0) is 12.4 Å². The maximum Gasteiger partial charge on any atom is 0.416 e. The average Bonchev–Trinajstić information content (AvgIpc) is 3.19. The first-order valence-electron chi connectivity index (χ1n) is 16.8. The Balaban J connectivity index is 1.47. The second kappa shape index (κ2) is 13.1. The summed E-state index contributed by atoms with van der Waals surface area (Å²) >= 11 is 0. The minimum Gasteiger partial charge on any atom is -0.247 e. The number of nitrogens with zero attached hydrogens (tertiary/aromatic N) is 5. The molecule has 0 amide bonds. The first-order valence-corrected chi connectivity index (χ1v) is 16.8. The summed E-state index contributed by atoms with van der Waals surface area (Å²) in [6.07, 6.45) is -10.1. The van der Waals surface area contributed by atoms with Crippen LogP contribution in [0.15, 0.2) is 121 Å². The lowest BCUT2D eigenvalue weighted by Gasteiger charge is -2.19. The van der Waals surface area contributed by atoms with Gasteiger partial charge in [-0.05, 0) is 71.6 Å². The number of pyridine rings is 1. The summed E-state index contributed by atoms with van der Waals surface area (Å²) < 4.78 is 84.0. The largest absolute Gasteiger partial charge is 0.416 e. The molecule has 0 saturated heterocycles. The summed E-state index contributed by atoms with van der Waals surface area (Å²) in [5, 5.41) is 11.4. The van der Waals surface area contributed by atoms with E-state index in [-0.39, 0.29) is 17.2 Å². The van der Waals surface area contributed by atoms with E-state index >= 15 is 0 Å². The number of alkyl halides is 6. The van der Waals surface area contributed by atoms with Crippen LogP contribution in [0.1, 0.15) is 22.3 Å². The Morgan fingerprint density at radius 1 is 0.582 bits per heavy atom. The summed E-state index contributed by atoms with van der Waals surface area (Å²) in [6, 6.07) is 33.0. The molecule has 11 heteroatoms. The lowest BCUT2D eigenvalue weighted by molar-refractivity contribution is -0.143. The highest BCUT2D eigenvalue weighted by Gasteiger charge is 2.37. The van der Waals surface area contributed by atoms with E-state index in [1.54, 1.807) is 78.9 Å². The first kappa shape index (κ1) is 34.9. The Morgan fingerprint density at radius 2 is 1.15 bits per heavy atom. The predicted molar refractivity (Wildman–Crippen MR) is 200 cm³/mol. The zero-order valence-electron chi connectivity index (χ0n) is 28.6. The van der Waals surface area contributed by atoms with Crippen LogP contribution in [0.3, 0.4) is 0 Å². The van der Waals surface area contributed by atoms with Gasteiger partial charge in [0.25, 0.3) is 0 Å². The van der Waals surface area contributed by atoms with Gasteiger partial charge in [0, 0.05) is 27.3 Å². The smallest absolute Gasteiger partial charge is 0.247 e. The summed E-state index contributed by atoms with van der Waals surface area (Å²) in [6.45, 7) is 9.24. The first-order chi connectivity index (χ1) is 26.3. The molecule has 6 aromatic carbocycles. The highest BCUT2D eigenvalue weighted by molar-refractivity contribution is 6.22. The molecule has 8 rings (SSSR count). The molecule has 0 fully saturated rings. The molecule has 0 bridgehead atoms. The van der Waals surface area contributed by atoms with Crippen LogP contribution in [-0.4, -0.2) is 15.0 Å². The number of nitriles is 1. The summed E-state index contributed by atoms with van der Waals surface area (Å²) in [5.41, 5.74) is 3.20. The average molecular weight is 736 g/mol. The summed E-state index contributed by atoms with van der Waals surface area (Å²) in [7, 11) is 0. The number of hydrogen-bond acceptors (Lipinski definition) is 4. The summed E-state index contributed by atoms with van der Waals surface area (Å²) in [5.74, 6) is 0. The molecule has 266 valence electrons. The van der Waals surface area contributed by atoms with Gasteiger partial charge in [0.05, 0.1) is 63.0 Å². The molecule has 0 radical (unpaired) electrons. The van der Waals surface area contributed by atoms with Gasteiger partial charge < -0.3 is 0 Å². The van der Waals surface area contributed by atoms with Gasteiger partial charge in [0.1, 0.15) is 0 Å². The van der Waals surface area contributed by atoms with Crippen molar-refractivity contribution in [1.82, 2.24) is 15.0 Å². The van der Waals surface area contributed by atoms with Gasteiger partial charge in [-0.15, -0.1) is 0 Å². The molecule has 2 heterocycles. The number of hydrogen-bond donors (Lipinski definition) is 0. The Bertz CT molecular complexity index is 2890. The molecule has 2 aromatic heterocycles. The van der Waals surface area contributed by atoms with Gasteiger partial charge in [0.2, 0.25) is 0 Å². The highest BCUT2D eigenvalue weighted by Crippen LogP contribution is 2.45. The van der Waals surface area contributed by atoms with Gasteiger partial charge >= 0.3 is 12.4 Å². The SMILES string of the molecule is [C-]#[N+]c1ccc(-c2nc3cc(C)c4c(-c5ccccc5-c5cc(C(F)(F)F)cc(C(F)(F)F)c5)nc5ccccc5c4c3nc2-c2ccc(C#N)cc2)cc1. The fourth-order valence-electron chi connectivity index (χ4n) is 6.90. The van der Waals surface area contributed by atoms with Crippen LogP contribution in [0, 0.1) is 24.8 Å². The van der Waals surface area contributed by atoms with Crippen molar-refractivity contribution in [3.8, 4) is 51.0 Å². The Hall–Kier alpha value is -7.11. The van der Waals surface area contributed by atoms with Crippen molar-refractivity contribution in [1.29, 1.82) is 5.26 Å². The van der Waals surface area contributed by atoms with Crippen LogP contribution in [0.25, 0.3) is 82.5 Å². The maximum atomic E-state index is 14.0. The van der Waals surface area contributed by atoms with Crippen molar-refractivity contribution in [3.05, 3.63) is 155 Å². The molecule has 0 aliphatic heterocycles. The van der Waals surface area contributed by atoms with Gasteiger partial charge in [-0.2, -0.15) is 31.6 Å².